The van der Waals surface area contributed by atoms with Crippen molar-refractivity contribution in [3.8, 4) is 0 Å². The summed E-state index contributed by atoms with van der Waals surface area (Å²) in [4.78, 5) is 13.1. The summed E-state index contributed by atoms with van der Waals surface area (Å²) in [6.45, 7) is 2.55. The number of aliphatic hydroxyl groups excluding tert-OH is 1. The Morgan fingerprint density at radius 2 is 2.41 bits per heavy atom. The van der Waals surface area contributed by atoms with Gasteiger partial charge in [-0.05, 0) is 31.4 Å². The quantitative estimate of drug-likeness (QED) is 0.825. The Hall–Kier alpha value is -1.33. The molecule has 2 N–H and O–H groups in total. The smallest absolute Gasteiger partial charge is 0.372 e. The maximum Gasteiger partial charge on any atom is 0.372 e. The van der Waals surface area contributed by atoms with Crippen LogP contribution in [0.1, 0.15) is 29.0 Å². The molecule has 0 aromatic carbocycles. The minimum Gasteiger partial charge on any atom is -0.475 e. The van der Waals surface area contributed by atoms with Gasteiger partial charge in [-0.15, -0.1) is 0 Å². The molecule has 2 heterocycles. The van der Waals surface area contributed by atoms with Crippen LogP contribution in [0.2, 0.25) is 0 Å². The fourth-order valence-electron chi connectivity index (χ4n) is 2.33. The van der Waals surface area contributed by atoms with Crippen LogP contribution in [0.4, 0.5) is 0 Å². The van der Waals surface area contributed by atoms with E-state index in [4.69, 9.17) is 14.6 Å². The van der Waals surface area contributed by atoms with Crippen LogP contribution in [0.5, 0.6) is 0 Å². The molecule has 1 aromatic heterocycles. The first-order valence-electron chi connectivity index (χ1n) is 5.83. The molecule has 0 radical (unpaired) electrons. The number of furan rings is 1. The van der Waals surface area contributed by atoms with E-state index >= 15 is 0 Å². The first kappa shape index (κ1) is 12.1. The lowest BCUT2D eigenvalue weighted by Crippen LogP contribution is -2.36. The molecule has 5 nitrogen and oxygen atoms in total. The third kappa shape index (κ3) is 2.87. The molecule has 0 bridgehead atoms. The average molecular weight is 239 g/mol. The van der Waals surface area contributed by atoms with E-state index in [9.17, 15) is 4.79 Å². The maximum absolute atomic E-state index is 10.9. The van der Waals surface area contributed by atoms with E-state index in [-0.39, 0.29) is 12.4 Å². The zero-order valence-electron chi connectivity index (χ0n) is 9.63. The van der Waals surface area contributed by atoms with Gasteiger partial charge < -0.3 is 14.6 Å². The van der Waals surface area contributed by atoms with E-state index in [1.807, 2.05) is 0 Å². The third-order valence-corrected chi connectivity index (χ3v) is 3.20. The van der Waals surface area contributed by atoms with Crippen LogP contribution in [0.25, 0.3) is 0 Å². The molecule has 17 heavy (non-hydrogen) atoms. The Balaban J connectivity index is 2.00. The molecule has 1 aromatic rings. The summed E-state index contributed by atoms with van der Waals surface area (Å²) in [5.41, 5.74) is 0.705. The van der Waals surface area contributed by atoms with Crippen LogP contribution in [0.15, 0.2) is 16.7 Å². The number of aliphatic hydroxyl groups is 1. The van der Waals surface area contributed by atoms with Crippen LogP contribution in [-0.4, -0.2) is 40.8 Å². The Morgan fingerprint density at radius 1 is 1.59 bits per heavy atom. The second-order valence-corrected chi connectivity index (χ2v) is 4.51. The summed E-state index contributed by atoms with van der Waals surface area (Å²) < 4.78 is 4.95. The highest BCUT2D eigenvalue weighted by molar-refractivity contribution is 5.86. The summed E-state index contributed by atoms with van der Waals surface area (Å²) in [6, 6.07) is 1.70. The lowest BCUT2D eigenvalue weighted by atomic mass is 9.98. The SMILES string of the molecule is O=C(O)c1occc1CN1CCCC(CO)C1. The zero-order valence-corrected chi connectivity index (χ0v) is 9.63. The van der Waals surface area contributed by atoms with Crippen molar-refractivity contribution in [1.82, 2.24) is 4.90 Å². The summed E-state index contributed by atoms with van der Waals surface area (Å²) in [7, 11) is 0. The maximum atomic E-state index is 10.9. The molecule has 0 aliphatic carbocycles. The predicted molar refractivity (Wildman–Crippen MR) is 60.8 cm³/mol. The van der Waals surface area contributed by atoms with Gasteiger partial charge in [0.1, 0.15) is 0 Å². The molecule has 1 aliphatic heterocycles. The van der Waals surface area contributed by atoms with E-state index in [0.717, 1.165) is 25.9 Å². The van der Waals surface area contributed by atoms with Crippen LogP contribution >= 0.6 is 0 Å². The number of hydrogen-bond donors (Lipinski definition) is 2. The van der Waals surface area contributed by atoms with Crippen molar-refractivity contribution in [3.63, 3.8) is 0 Å². The Labute approximate surface area is 99.6 Å². The number of rotatable bonds is 4. The largest absolute Gasteiger partial charge is 0.475 e. The van der Waals surface area contributed by atoms with E-state index in [1.165, 1.54) is 6.26 Å². The number of carboxylic acids is 1. The van der Waals surface area contributed by atoms with E-state index < -0.39 is 5.97 Å². The molecule has 0 spiro atoms. The molecule has 94 valence electrons. The fourth-order valence-corrected chi connectivity index (χ4v) is 2.33. The molecule has 0 amide bonds. The molecule has 1 saturated heterocycles. The minimum absolute atomic E-state index is 0.0242. The van der Waals surface area contributed by atoms with Crippen molar-refractivity contribution in [1.29, 1.82) is 0 Å². The van der Waals surface area contributed by atoms with Crippen molar-refractivity contribution in [3.05, 3.63) is 23.7 Å². The lowest BCUT2D eigenvalue weighted by Gasteiger charge is -2.31. The van der Waals surface area contributed by atoms with Gasteiger partial charge in [0.15, 0.2) is 0 Å². The van der Waals surface area contributed by atoms with Gasteiger partial charge in [0, 0.05) is 25.3 Å². The fraction of sp³-hybridized carbons (Fsp3) is 0.583. The number of carboxylic acid groups (broad SMARTS) is 1. The van der Waals surface area contributed by atoms with Crippen LogP contribution in [0.3, 0.4) is 0 Å². The van der Waals surface area contributed by atoms with Gasteiger partial charge in [0.25, 0.3) is 0 Å². The molecule has 1 unspecified atom stereocenters. The minimum atomic E-state index is -1.03. The number of nitrogens with zero attached hydrogens (tertiary/aromatic N) is 1. The predicted octanol–water partition coefficient (Wildman–Crippen LogP) is 1.18. The standard InChI is InChI=1S/C12H17NO4/c14-8-9-2-1-4-13(6-9)7-10-3-5-17-11(10)12(15)16/h3,5,9,14H,1-2,4,6-8H2,(H,15,16). The number of likely N-dealkylation sites (tertiary alicyclic amines) is 1. The number of piperidine rings is 1. The topological polar surface area (TPSA) is 73.9 Å². The van der Waals surface area contributed by atoms with Gasteiger partial charge >= 0.3 is 5.97 Å². The Morgan fingerprint density at radius 3 is 3.12 bits per heavy atom. The molecular formula is C12H17NO4. The van der Waals surface area contributed by atoms with Crippen LogP contribution < -0.4 is 0 Å². The van der Waals surface area contributed by atoms with Crippen molar-refractivity contribution < 1.29 is 19.4 Å². The molecule has 1 aliphatic rings. The van der Waals surface area contributed by atoms with Crippen molar-refractivity contribution in [2.75, 3.05) is 19.7 Å². The second-order valence-electron chi connectivity index (χ2n) is 4.51. The normalized spacial score (nSPS) is 21.6. The summed E-state index contributed by atoms with van der Waals surface area (Å²) in [5, 5.41) is 18.1. The number of hydrogen-bond acceptors (Lipinski definition) is 4. The summed E-state index contributed by atoms with van der Waals surface area (Å²) in [6.07, 6.45) is 3.50. The van der Waals surface area contributed by atoms with Gasteiger partial charge in [-0.25, -0.2) is 4.79 Å². The highest BCUT2D eigenvalue weighted by atomic mass is 16.4. The number of carbonyl (C=O) groups is 1. The van der Waals surface area contributed by atoms with Gasteiger partial charge in [-0.1, -0.05) is 0 Å². The van der Waals surface area contributed by atoms with E-state index in [1.54, 1.807) is 6.07 Å². The average Bonchev–Trinajstić information content (AvgIpc) is 2.77. The van der Waals surface area contributed by atoms with Gasteiger partial charge in [-0.2, -0.15) is 0 Å². The summed E-state index contributed by atoms with van der Waals surface area (Å²) in [5.74, 6) is -0.694. The van der Waals surface area contributed by atoms with Crippen LogP contribution in [-0.2, 0) is 6.54 Å². The van der Waals surface area contributed by atoms with Crippen molar-refractivity contribution in [2.24, 2.45) is 5.92 Å². The molecule has 1 atom stereocenters. The number of aromatic carboxylic acids is 1. The third-order valence-electron chi connectivity index (χ3n) is 3.20. The molecule has 2 rings (SSSR count). The monoisotopic (exact) mass is 239 g/mol. The Kier molecular flexibility index (Phi) is 3.81. The molecular weight excluding hydrogens is 222 g/mol. The van der Waals surface area contributed by atoms with Gasteiger partial charge in [-0.3, -0.25) is 4.90 Å². The zero-order chi connectivity index (χ0) is 12.3. The first-order chi connectivity index (χ1) is 8.20. The second kappa shape index (κ2) is 5.33. The van der Waals surface area contributed by atoms with E-state index in [0.29, 0.717) is 18.0 Å². The first-order valence-corrected chi connectivity index (χ1v) is 5.83. The molecule has 5 heteroatoms. The highest BCUT2D eigenvalue weighted by Crippen LogP contribution is 2.20. The lowest BCUT2D eigenvalue weighted by molar-refractivity contribution is 0.0656. The Bertz CT molecular complexity index is 388. The highest BCUT2D eigenvalue weighted by Gasteiger charge is 2.22. The molecule has 0 saturated carbocycles. The van der Waals surface area contributed by atoms with Crippen molar-refractivity contribution in [2.45, 2.75) is 19.4 Å². The molecule has 1 fully saturated rings. The van der Waals surface area contributed by atoms with Crippen LogP contribution in [0, 0.1) is 5.92 Å². The summed E-state index contributed by atoms with van der Waals surface area (Å²) >= 11 is 0. The van der Waals surface area contributed by atoms with Gasteiger partial charge in [0.05, 0.1) is 6.26 Å². The van der Waals surface area contributed by atoms with Gasteiger partial charge in [0.2, 0.25) is 5.76 Å². The van der Waals surface area contributed by atoms with Crippen molar-refractivity contribution >= 4 is 5.97 Å². The van der Waals surface area contributed by atoms with E-state index in [2.05, 4.69) is 4.90 Å².